The van der Waals surface area contributed by atoms with Crippen molar-refractivity contribution in [1.82, 2.24) is 5.48 Å². The van der Waals surface area contributed by atoms with E-state index in [0.29, 0.717) is 0 Å². The molecule has 0 aliphatic carbocycles. The van der Waals surface area contributed by atoms with Crippen molar-refractivity contribution in [2.24, 2.45) is 5.41 Å². The van der Waals surface area contributed by atoms with E-state index in [1.807, 2.05) is 0 Å². The molecule has 0 radical (unpaired) electrons. The number of carbonyl (C=O) groups excluding carboxylic acids is 2. The van der Waals surface area contributed by atoms with Crippen molar-refractivity contribution in [2.75, 3.05) is 7.11 Å². The standard InChI is InChI=1S/C11H17NO4/c1-6-7-8(9(13)15-5)12-16-10(14)11(2,3)4/h1,8,12H,7H2,2-5H3/t8-/m0/s1. The topological polar surface area (TPSA) is 64.6 Å². The molecule has 0 aromatic heterocycles. The summed E-state index contributed by atoms with van der Waals surface area (Å²) in [5.74, 6) is 1.25. The van der Waals surface area contributed by atoms with Crippen molar-refractivity contribution in [2.45, 2.75) is 33.2 Å². The number of rotatable bonds is 4. The maximum absolute atomic E-state index is 11.4. The molecule has 0 fully saturated rings. The maximum atomic E-state index is 11.4. The molecular formula is C11H17NO4. The highest BCUT2D eigenvalue weighted by Gasteiger charge is 2.26. The highest BCUT2D eigenvalue weighted by molar-refractivity contribution is 5.77. The van der Waals surface area contributed by atoms with Gasteiger partial charge >= 0.3 is 11.9 Å². The molecule has 1 atom stereocenters. The Morgan fingerprint density at radius 2 is 2.00 bits per heavy atom. The Bertz CT molecular complexity index is 298. The van der Waals surface area contributed by atoms with E-state index in [-0.39, 0.29) is 6.42 Å². The maximum Gasteiger partial charge on any atom is 0.330 e. The number of nitrogens with one attached hydrogen (secondary N) is 1. The average Bonchev–Trinajstić information content (AvgIpc) is 2.21. The van der Waals surface area contributed by atoms with E-state index in [1.54, 1.807) is 20.8 Å². The van der Waals surface area contributed by atoms with Crippen molar-refractivity contribution in [3.05, 3.63) is 0 Å². The Morgan fingerprint density at radius 1 is 1.44 bits per heavy atom. The van der Waals surface area contributed by atoms with Crippen LogP contribution in [0.4, 0.5) is 0 Å². The number of hydrogen-bond donors (Lipinski definition) is 1. The summed E-state index contributed by atoms with van der Waals surface area (Å²) in [6.07, 6.45) is 5.16. The predicted molar refractivity (Wildman–Crippen MR) is 57.9 cm³/mol. The summed E-state index contributed by atoms with van der Waals surface area (Å²) >= 11 is 0. The molecule has 0 bridgehead atoms. The molecule has 0 heterocycles. The minimum absolute atomic E-state index is 0.0874. The van der Waals surface area contributed by atoms with E-state index >= 15 is 0 Å². The number of hydroxylamine groups is 1. The first-order valence-corrected chi connectivity index (χ1v) is 4.81. The van der Waals surface area contributed by atoms with E-state index < -0.39 is 23.4 Å². The molecule has 0 spiro atoms. The van der Waals surface area contributed by atoms with Crippen molar-refractivity contribution in [1.29, 1.82) is 0 Å². The fraction of sp³-hybridized carbons (Fsp3) is 0.636. The zero-order valence-corrected chi connectivity index (χ0v) is 9.99. The number of ether oxygens (including phenoxy) is 1. The van der Waals surface area contributed by atoms with Crippen molar-refractivity contribution in [3.63, 3.8) is 0 Å². The van der Waals surface area contributed by atoms with Gasteiger partial charge in [0.1, 0.15) is 0 Å². The molecule has 0 aliphatic rings. The van der Waals surface area contributed by atoms with Crippen LogP contribution in [0.15, 0.2) is 0 Å². The molecule has 0 saturated heterocycles. The summed E-state index contributed by atoms with van der Waals surface area (Å²) in [7, 11) is 1.24. The largest absolute Gasteiger partial charge is 0.468 e. The van der Waals surface area contributed by atoms with Gasteiger partial charge in [0, 0.05) is 6.42 Å². The Morgan fingerprint density at radius 3 is 2.38 bits per heavy atom. The summed E-state index contributed by atoms with van der Waals surface area (Å²) in [4.78, 5) is 27.3. The SMILES string of the molecule is C#CC[C@H](NOC(=O)C(C)(C)C)C(=O)OC. The van der Waals surface area contributed by atoms with Crippen LogP contribution in [0.3, 0.4) is 0 Å². The van der Waals surface area contributed by atoms with Crippen molar-refractivity contribution < 1.29 is 19.2 Å². The number of hydrogen-bond acceptors (Lipinski definition) is 5. The van der Waals surface area contributed by atoms with Crippen LogP contribution in [0, 0.1) is 17.8 Å². The van der Waals surface area contributed by atoms with Crippen LogP contribution in [0.2, 0.25) is 0 Å². The van der Waals surface area contributed by atoms with Gasteiger partial charge in [0.15, 0.2) is 6.04 Å². The monoisotopic (exact) mass is 227 g/mol. The molecule has 1 N–H and O–H groups in total. The minimum atomic E-state index is -0.832. The van der Waals surface area contributed by atoms with Gasteiger partial charge in [0.05, 0.1) is 12.5 Å². The van der Waals surface area contributed by atoms with Crippen molar-refractivity contribution in [3.8, 4) is 12.3 Å². The lowest BCUT2D eigenvalue weighted by atomic mass is 9.98. The van der Waals surface area contributed by atoms with E-state index in [0.717, 1.165) is 0 Å². The fourth-order valence-electron chi connectivity index (χ4n) is 0.711. The fourth-order valence-corrected chi connectivity index (χ4v) is 0.711. The zero-order valence-electron chi connectivity index (χ0n) is 9.99. The first-order valence-electron chi connectivity index (χ1n) is 4.81. The van der Waals surface area contributed by atoms with Crippen LogP contribution in [0.1, 0.15) is 27.2 Å². The summed E-state index contributed by atoms with van der Waals surface area (Å²) in [6, 6.07) is -0.832. The Kier molecular flexibility index (Phi) is 5.54. The van der Waals surface area contributed by atoms with Crippen LogP contribution < -0.4 is 5.48 Å². The molecular weight excluding hydrogens is 210 g/mol. The van der Waals surface area contributed by atoms with Gasteiger partial charge < -0.3 is 9.57 Å². The third kappa shape index (κ3) is 4.80. The lowest BCUT2D eigenvalue weighted by molar-refractivity contribution is -0.166. The van der Waals surface area contributed by atoms with Crippen molar-refractivity contribution >= 4 is 11.9 Å². The predicted octanol–water partition coefficient (Wildman–Crippen LogP) is 0.645. The second-order valence-corrected chi connectivity index (χ2v) is 4.24. The highest BCUT2D eigenvalue weighted by atomic mass is 16.7. The van der Waals surface area contributed by atoms with E-state index in [9.17, 15) is 9.59 Å². The molecule has 5 heteroatoms. The average molecular weight is 227 g/mol. The first-order chi connectivity index (χ1) is 7.32. The van der Waals surface area contributed by atoms with Gasteiger partial charge in [-0.3, -0.25) is 4.79 Å². The number of methoxy groups -OCH3 is 1. The third-order valence-corrected chi connectivity index (χ3v) is 1.71. The summed E-state index contributed by atoms with van der Waals surface area (Å²) < 4.78 is 4.49. The van der Waals surface area contributed by atoms with Crippen LogP contribution in [0.25, 0.3) is 0 Å². The normalized spacial score (nSPS) is 12.4. The molecule has 0 rings (SSSR count). The molecule has 90 valence electrons. The summed E-state index contributed by atoms with van der Waals surface area (Å²) in [6.45, 7) is 5.10. The van der Waals surface area contributed by atoms with Gasteiger partial charge in [-0.2, -0.15) is 0 Å². The van der Waals surface area contributed by atoms with Crippen LogP contribution in [0.5, 0.6) is 0 Å². The minimum Gasteiger partial charge on any atom is -0.468 e. The van der Waals surface area contributed by atoms with Gasteiger partial charge in [0.2, 0.25) is 0 Å². The second-order valence-electron chi connectivity index (χ2n) is 4.24. The molecule has 0 unspecified atom stereocenters. The lowest BCUT2D eigenvalue weighted by Crippen LogP contribution is -2.41. The van der Waals surface area contributed by atoms with Gasteiger partial charge in [-0.1, -0.05) is 0 Å². The van der Waals surface area contributed by atoms with Gasteiger partial charge in [0.25, 0.3) is 0 Å². The van der Waals surface area contributed by atoms with E-state index in [4.69, 9.17) is 11.3 Å². The molecule has 16 heavy (non-hydrogen) atoms. The smallest absolute Gasteiger partial charge is 0.330 e. The zero-order chi connectivity index (χ0) is 12.8. The van der Waals surface area contributed by atoms with Gasteiger partial charge in [-0.25, -0.2) is 4.79 Å². The molecule has 0 aromatic carbocycles. The molecule has 0 aliphatic heterocycles. The second kappa shape index (κ2) is 6.13. The number of esters is 1. The molecule has 0 aromatic rings. The lowest BCUT2D eigenvalue weighted by Gasteiger charge is -2.19. The Balaban J connectivity index is 4.29. The summed E-state index contributed by atoms with van der Waals surface area (Å²) in [5, 5.41) is 0. The van der Waals surface area contributed by atoms with Crippen LogP contribution >= 0.6 is 0 Å². The molecule has 5 nitrogen and oxygen atoms in total. The molecule has 0 amide bonds. The Labute approximate surface area is 95.4 Å². The molecule has 0 saturated carbocycles. The van der Waals surface area contributed by atoms with E-state index in [2.05, 4.69) is 16.1 Å². The number of carbonyl (C=O) groups is 2. The third-order valence-electron chi connectivity index (χ3n) is 1.71. The van der Waals surface area contributed by atoms with E-state index in [1.165, 1.54) is 7.11 Å². The van der Waals surface area contributed by atoms with Gasteiger partial charge in [-0.15, -0.1) is 17.8 Å². The first kappa shape index (κ1) is 14.5. The highest BCUT2D eigenvalue weighted by Crippen LogP contribution is 2.14. The number of terminal acetylenes is 1. The Hall–Kier alpha value is -1.54. The summed E-state index contributed by atoms with van der Waals surface area (Å²) in [5.41, 5.74) is 1.66. The quantitative estimate of drug-likeness (QED) is 0.434. The van der Waals surface area contributed by atoms with Gasteiger partial charge in [-0.05, 0) is 20.8 Å². The van der Waals surface area contributed by atoms with Crippen LogP contribution in [-0.4, -0.2) is 25.1 Å². The van der Waals surface area contributed by atoms with Crippen LogP contribution in [-0.2, 0) is 19.2 Å².